The summed E-state index contributed by atoms with van der Waals surface area (Å²) in [6, 6.07) is 5.67. The topological polar surface area (TPSA) is 46.5 Å². The predicted molar refractivity (Wildman–Crippen MR) is 112 cm³/mol. The van der Waals surface area contributed by atoms with E-state index in [0.717, 1.165) is 31.2 Å². The molecule has 150 valence electrons. The molecular formula is C21H34Cl2O3. The van der Waals surface area contributed by atoms with E-state index in [4.69, 9.17) is 16.3 Å². The van der Waals surface area contributed by atoms with Crippen molar-refractivity contribution in [3.63, 3.8) is 0 Å². The van der Waals surface area contributed by atoms with Gasteiger partial charge in [0.2, 0.25) is 0 Å². The highest BCUT2D eigenvalue weighted by Crippen LogP contribution is 2.34. The number of unbranched alkanes of at least 4 members (excludes halogenated alkanes) is 5. The molecule has 1 atom stereocenters. The molecular weight excluding hydrogens is 371 g/mol. The van der Waals surface area contributed by atoms with Gasteiger partial charge >= 0.3 is 5.97 Å². The Hall–Kier alpha value is -0.930. The molecule has 1 N–H and O–H groups in total. The summed E-state index contributed by atoms with van der Waals surface area (Å²) in [5.74, 6) is -0.474. The Bertz CT molecular complexity index is 544. The van der Waals surface area contributed by atoms with Crippen molar-refractivity contribution in [1.29, 1.82) is 0 Å². The minimum Gasteiger partial charge on any atom is -0.479 e. The lowest BCUT2D eigenvalue weighted by Gasteiger charge is -2.24. The Balaban J connectivity index is 0.00000625. The van der Waals surface area contributed by atoms with E-state index in [9.17, 15) is 9.90 Å². The van der Waals surface area contributed by atoms with Crippen LogP contribution in [0.4, 0.5) is 0 Å². The molecule has 1 rings (SSSR count). The van der Waals surface area contributed by atoms with E-state index >= 15 is 0 Å². The van der Waals surface area contributed by atoms with Crippen molar-refractivity contribution >= 4 is 30.0 Å². The molecule has 1 aromatic rings. The second-order valence-corrected chi connectivity index (χ2v) is 7.79. The number of ether oxygens (including phenoxy) is 1. The average molecular weight is 405 g/mol. The number of benzene rings is 1. The average Bonchev–Trinajstić information content (AvgIpc) is 2.57. The van der Waals surface area contributed by atoms with Crippen molar-refractivity contribution in [3.05, 3.63) is 28.8 Å². The zero-order chi connectivity index (χ0) is 18.9. The third-order valence-electron chi connectivity index (χ3n) is 4.96. The standard InChI is InChI=1S/C21H33ClO3.ClH/c1-5-7-8-9-10-11-12-19(20(23)24)25-18-14-13-16(15-17(18)22)21(3,4)6-2;/h13-15,19H,5-12H2,1-4H3,(H,23,24);1H. The fourth-order valence-electron chi connectivity index (χ4n) is 2.72. The van der Waals surface area contributed by atoms with Crippen LogP contribution in [0.25, 0.3) is 0 Å². The second-order valence-electron chi connectivity index (χ2n) is 7.38. The van der Waals surface area contributed by atoms with E-state index in [-0.39, 0.29) is 17.8 Å². The van der Waals surface area contributed by atoms with Crippen LogP contribution in [-0.2, 0) is 10.2 Å². The van der Waals surface area contributed by atoms with Crippen LogP contribution in [0.3, 0.4) is 0 Å². The van der Waals surface area contributed by atoms with Crippen LogP contribution < -0.4 is 4.74 Å². The molecule has 0 aliphatic heterocycles. The van der Waals surface area contributed by atoms with Crippen LogP contribution in [0, 0.1) is 0 Å². The van der Waals surface area contributed by atoms with E-state index in [1.54, 1.807) is 6.07 Å². The predicted octanol–water partition coefficient (Wildman–Crippen LogP) is 7.03. The molecule has 0 saturated carbocycles. The smallest absolute Gasteiger partial charge is 0.344 e. The van der Waals surface area contributed by atoms with Crippen LogP contribution in [0.2, 0.25) is 5.02 Å². The number of aliphatic carboxylic acids is 1. The van der Waals surface area contributed by atoms with Gasteiger partial charge in [-0.2, -0.15) is 0 Å². The van der Waals surface area contributed by atoms with Gasteiger partial charge in [-0.3, -0.25) is 0 Å². The first-order valence-corrected chi connectivity index (χ1v) is 9.89. The van der Waals surface area contributed by atoms with Gasteiger partial charge in [-0.1, -0.05) is 77.5 Å². The Labute approximate surface area is 169 Å². The number of carbonyl (C=O) groups is 1. The zero-order valence-corrected chi connectivity index (χ0v) is 18.1. The summed E-state index contributed by atoms with van der Waals surface area (Å²) < 4.78 is 5.70. The van der Waals surface area contributed by atoms with Crippen molar-refractivity contribution in [2.45, 2.75) is 90.6 Å². The monoisotopic (exact) mass is 404 g/mol. The molecule has 0 fully saturated rings. The quantitative estimate of drug-likeness (QED) is 0.380. The van der Waals surface area contributed by atoms with Gasteiger partial charge in [0, 0.05) is 0 Å². The van der Waals surface area contributed by atoms with Gasteiger partial charge in [-0.05, 0) is 42.4 Å². The molecule has 0 aromatic heterocycles. The minimum atomic E-state index is -0.928. The van der Waals surface area contributed by atoms with Gasteiger partial charge in [0.1, 0.15) is 5.75 Å². The molecule has 0 spiro atoms. The van der Waals surface area contributed by atoms with Crippen molar-refractivity contribution < 1.29 is 14.6 Å². The molecule has 0 heterocycles. The molecule has 5 heteroatoms. The van der Waals surface area contributed by atoms with Crippen LogP contribution in [0.1, 0.15) is 84.6 Å². The maximum Gasteiger partial charge on any atom is 0.344 e. The first-order valence-electron chi connectivity index (χ1n) is 9.51. The van der Waals surface area contributed by atoms with E-state index in [1.165, 1.54) is 19.3 Å². The van der Waals surface area contributed by atoms with E-state index < -0.39 is 12.1 Å². The van der Waals surface area contributed by atoms with Gasteiger partial charge in [-0.25, -0.2) is 4.79 Å². The highest BCUT2D eigenvalue weighted by Gasteiger charge is 2.22. The Morgan fingerprint density at radius 3 is 2.31 bits per heavy atom. The third kappa shape index (κ3) is 8.18. The number of carboxylic acids is 1. The summed E-state index contributed by atoms with van der Waals surface area (Å²) in [7, 11) is 0. The Morgan fingerprint density at radius 2 is 1.77 bits per heavy atom. The number of rotatable bonds is 12. The normalized spacial score (nSPS) is 12.3. The number of halogens is 2. The highest BCUT2D eigenvalue weighted by molar-refractivity contribution is 6.32. The first kappa shape index (κ1) is 25.1. The second kappa shape index (κ2) is 12.5. The molecule has 0 radical (unpaired) electrons. The van der Waals surface area contributed by atoms with E-state index in [0.29, 0.717) is 17.2 Å². The molecule has 0 bridgehead atoms. The molecule has 0 aliphatic carbocycles. The fraction of sp³-hybridized carbons (Fsp3) is 0.667. The van der Waals surface area contributed by atoms with Gasteiger partial charge in [-0.15, -0.1) is 12.4 Å². The minimum absolute atomic E-state index is 0. The molecule has 0 amide bonds. The molecule has 0 aliphatic rings. The molecule has 0 saturated heterocycles. The summed E-state index contributed by atoms with van der Waals surface area (Å²) in [5, 5.41) is 9.90. The van der Waals surface area contributed by atoms with Gasteiger partial charge in [0.05, 0.1) is 5.02 Å². The van der Waals surface area contributed by atoms with Gasteiger partial charge in [0.25, 0.3) is 0 Å². The maximum atomic E-state index is 11.5. The molecule has 26 heavy (non-hydrogen) atoms. The first-order chi connectivity index (χ1) is 11.8. The van der Waals surface area contributed by atoms with Crippen LogP contribution in [-0.4, -0.2) is 17.2 Å². The van der Waals surface area contributed by atoms with Gasteiger partial charge < -0.3 is 9.84 Å². The lowest BCUT2D eigenvalue weighted by molar-refractivity contribution is -0.145. The number of carboxylic acid groups (broad SMARTS) is 1. The highest BCUT2D eigenvalue weighted by atomic mass is 35.5. The van der Waals surface area contributed by atoms with Crippen LogP contribution >= 0.6 is 24.0 Å². The van der Waals surface area contributed by atoms with Crippen LogP contribution in [0.5, 0.6) is 5.75 Å². The molecule has 1 unspecified atom stereocenters. The largest absolute Gasteiger partial charge is 0.479 e. The number of hydrogen-bond donors (Lipinski definition) is 1. The molecule has 3 nitrogen and oxygen atoms in total. The lowest BCUT2D eigenvalue weighted by atomic mass is 9.82. The van der Waals surface area contributed by atoms with Crippen molar-refractivity contribution in [3.8, 4) is 5.75 Å². The van der Waals surface area contributed by atoms with Crippen molar-refractivity contribution in [2.24, 2.45) is 0 Å². The maximum absolute atomic E-state index is 11.5. The fourth-order valence-corrected chi connectivity index (χ4v) is 2.94. The van der Waals surface area contributed by atoms with E-state index in [1.807, 2.05) is 12.1 Å². The SMILES string of the molecule is CCCCCCCCC(Oc1ccc(C(C)(C)CC)cc1Cl)C(=O)O.Cl. The molecule has 1 aromatic carbocycles. The zero-order valence-electron chi connectivity index (χ0n) is 16.5. The van der Waals surface area contributed by atoms with Crippen molar-refractivity contribution in [2.75, 3.05) is 0 Å². The summed E-state index contributed by atoms with van der Waals surface area (Å²) in [6.45, 7) is 8.65. The van der Waals surface area contributed by atoms with Gasteiger partial charge in [0.15, 0.2) is 6.10 Å². The third-order valence-corrected chi connectivity index (χ3v) is 5.26. The summed E-state index contributed by atoms with van der Waals surface area (Å²) >= 11 is 6.34. The van der Waals surface area contributed by atoms with Crippen LogP contribution in [0.15, 0.2) is 18.2 Å². The Morgan fingerprint density at radius 1 is 1.15 bits per heavy atom. The Kier molecular flexibility index (Phi) is 12.0. The van der Waals surface area contributed by atoms with Crippen molar-refractivity contribution in [1.82, 2.24) is 0 Å². The lowest BCUT2D eigenvalue weighted by Crippen LogP contribution is -2.27. The summed E-state index contributed by atoms with van der Waals surface area (Å²) in [5.41, 5.74) is 1.17. The summed E-state index contributed by atoms with van der Waals surface area (Å²) in [4.78, 5) is 11.5. The van der Waals surface area contributed by atoms with E-state index in [2.05, 4.69) is 27.7 Å². The summed E-state index contributed by atoms with van der Waals surface area (Å²) in [6.07, 6.45) is 7.41. The number of hydrogen-bond acceptors (Lipinski definition) is 2.